The monoisotopic (exact) mass is 339 g/mol. The number of anilines is 1. The van der Waals surface area contributed by atoms with Crippen LogP contribution in [0.1, 0.15) is 13.3 Å². The van der Waals surface area contributed by atoms with Crippen molar-refractivity contribution in [3.63, 3.8) is 0 Å². The molecule has 1 aliphatic carbocycles. The van der Waals surface area contributed by atoms with Gasteiger partial charge in [-0.25, -0.2) is 0 Å². The van der Waals surface area contributed by atoms with Crippen molar-refractivity contribution in [2.24, 2.45) is 5.41 Å². The largest absolute Gasteiger partial charge is 0.300 e. The van der Waals surface area contributed by atoms with E-state index in [1.165, 1.54) is 11.3 Å². The first-order valence-electron chi connectivity index (χ1n) is 3.91. The summed E-state index contributed by atoms with van der Waals surface area (Å²) in [4.78, 5) is 11.8. The van der Waals surface area contributed by atoms with E-state index in [4.69, 9.17) is 0 Å². The van der Waals surface area contributed by atoms with E-state index in [2.05, 4.69) is 47.4 Å². The highest BCUT2D eigenvalue weighted by atomic mass is 79.9. The fourth-order valence-corrected chi connectivity index (χ4v) is 3.03. The Bertz CT molecular complexity index is 367. The Labute approximate surface area is 102 Å². The average molecular weight is 341 g/mol. The lowest BCUT2D eigenvalue weighted by molar-refractivity contribution is -0.120. The number of nitrogens with zero attached hydrogens (tertiary/aromatic N) is 2. The SMILES string of the molecule is C[C@]1(C(=O)Nc2nncs2)CC1(Br)Br. The molecule has 0 unspecified atom stereocenters. The van der Waals surface area contributed by atoms with Gasteiger partial charge in [0, 0.05) is 0 Å². The third-order valence-electron chi connectivity index (χ3n) is 2.34. The molecule has 0 saturated heterocycles. The van der Waals surface area contributed by atoms with Gasteiger partial charge in [0.05, 0.1) is 8.65 Å². The second-order valence-electron chi connectivity index (χ2n) is 3.41. The van der Waals surface area contributed by atoms with E-state index in [1.807, 2.05) is 6.92 Å². The summed E-state index contributed by atoms with van der Waals surface area (Å²) in [5.74, 6) is -0.0389. The average Bonchev–Trinajstić information content (AvgIpc) is 2.54. The van der Waals surface area contributed by atoms with Gasteiger partial charge in [-0.3, -0.25) is 10.1 Å². The van der Waals surface area contributed by atoms with Gasteiger partial charge in [-0.05, 0) is 13.3 Å². The van der Waals surface area contributed by atoms with Crippen molar-refractivity contribution in [3.05, 3.63) is 5.51 Å². The Morgan fingerprint density at radius 2 is 2.36 bits per heavy atom. The van der Waals surface area contributed by atoms with E-state index in [1.54, 1.807) is 5.51 Å². The highest BCUT2D eigenvalue weighted by Crippen LogP contribution is 2.66. The van der Waals surface area contributed by atoms with Crippen LogP contribution in [0.25, 0.3) is 0 Å². The van der Waals surface area contributed by atoms with Crippen molar-refractivity contribution in [3.8, 4) is 0 Å². The van der Waals surface area contributed by atoms with Crippen molar-refractivity contribution in [1.29, 1.82) is 0 Å². The van der Waals surface area contributed by atoms with E-state index in [-0.39, 0.29) is 9.14 Å². The highest BCUT2D eigenvalue weighted by Gasteiger charge is 2.66. The van der Waals surface area contributed by atoms with Gasteiger partial charge in [-0.15, -0.1) is 10.2 Å². The molecule has 0 aromatic carbocycles. The minimum Gasteiger partial charge on any atom is -0.300 e. The van der Waals surface area contributed by atoms with Gasteiger partial charge in [-0.1, -0.05) is 43.2 Å². The summed E-state index contributed by atoms with van der Waals surface area (Å²) < 4.78 is -0.262. The summed E-state index contributed by atoms with van der Waals surface area (Å²) >= 11 is 8.18. The quantitative estimate of drug-likeness (QED) is 0.841. The molecule has 14 heavy (non-hydrogen) atoms. The van der Waals surface area contributed by atoms with Crippen LogP contribution in [-0.4, -0.2) is 19.3 Å². The summed E-state index contributed by atoms with van der Waals surface area (Å²) in [6, 6.07) is 0. The molecule has 1 amide bonds. The van der Waals surface area contributed by atoms with Crippen molar-refractivity contribution in [2.45, 2.75) is 16.6 Å². The maximum absolute atomic E-state index is 11.8. The van der Waals surface area contributed by atoms with Crippen molar-refractivity contribution in [2.75, 3.05) is 5.32 Å². The van der Waals surface area contributed by atoms with Crippen molar-refractivity contribution < 1.29 is 4.79 Å². The van der Waals surface area contributed by atoms with Crippen LogP contribution in [0.4, 0.5) is 5.13 Å². The minimum absolute atomic E-state index is 0.0389. The molecule has 2 rings (SSSR count). The van der Waals surface area contributed by atoms with Gasteiger partial charge in [0.2, 0.25) is 11.0 Å². The second-order valence-corrected chi connectivity index (χ2v) is 8.02. The van der Waals surface area contributed by atoms with Gasteiger partial charge in [0.25, 0.3) is 0 Å². The standard InChI is InChI=1S/C7H7Br2N3OS/c1-6(2-7(6,8)9)4(13)11-5-12-10-3-14-5/h3H,2H2,1H3,(H,11,12,13)/t6-/m1/s1. The highest BCUT2D eigenvalue weighted by molar-refractivity contribution is 9.25. The molecular weight excluding hydrogens is 334 g/mol. The summed E-state index contributed by atoms with van der Waals surface area (Å²) in [7, 11) is 0. The Kier molecular flexibility index (Phi) is 2.43. The Hall–Kier alpha value is -0.0100. The zero-order chi connectivity index (χ0) is 10.4. The van der Waals surface area contributed by atoms with E-state index < -0.39 is 5.41 Å². The molecule has 1 saturated carbocycles. The molecule has 0 spiro atoms. The Morgan fingerprint density at radius 1 is 1.71 bits per heavy atom. The topological polar surface area (TPSA) is 54.9 Å². The number of alkyl halides is 2. The summed E-state index contributed by atoms with van der Waals surface area (Å²) in [5.41, 5.74) is 1.18. The van der Waals surface area contributed by atoms with Gasteiger partial charge >= 0.3 is 0 Å². The Morgan fingerprint density at radius 3 is 2.79 bits per heavy atom. The van der Waals surface area contributed by atoms with Crippen LogP contribution >= 0.6 is 43.2 Å². The minimum atomic E-state index is -0.404. The molecule has 1 aromatic heterocycles. The first kappa shape index (κ1) is 10.5. The molecule has 1 aliphatic rings. The third kappa shape index (κ3) is 1.61. The lowest BCUT2D eigenvalue weighted by atomic mass is 10.1. The lowest BCUT2D eigenvalue weighted by Crippen LogP contribution is -2.25. The van der Waals surface area contributed by atoms with E-state index in [9.17, 15) is 4.79 Å². The fourth-order valence-electron chi connectivity index (χ4n) is 1.11. The first-order chi connectivity index (χ1) is 6.46. The molecule has 4 nitrogen and oxygen atoms in total. The molecule has 1 heterocycles. The van der Waals surface area contributed by atoms with Gasteiger partial charge in [-0.2, -0.15) is 0 Å². The van der Waals surface area contributed by atoms with Crippen LogP contribution < -0.4 is 5.32 Å². The number of halogens is 2. The zero-order valence-electron chi connectivity index (χ0n) is 7.25. The van der Waals surface area contributed by atoms with Gasteiger partial charge in [0.15, 0.2) is 0 Å². The number of carbonyl (C=O) groups is 1. The number of hydrogen-bond donors (Lipinski definition) is 1. The number of aromatic nitrogens is 2. The van der Waals surface area contributed by atoms with Crippen LogP contribution in [0, 0.1) is 5.41 Å². The number of carbonyl (C=O) groups excluding carboxylic acids is 1. The van der Waals surface area contributed by atoms with E-state index >= 15 is 0 Å². The second kappa shape index (κ2) is 3.24. The van der Waals surface area contributed by atoms with Crippen molar-refractivity contribution in [1.82, 2.24) is 10.2 Å². The molecular formula is C7H7Br2N3OS. The van der Waals surface area contributed by atoms with Crippen LogP contribution in [0.3, 0.4) is 0 Å². The molecule has 1 N–H and O–H groups in total. The molecule has 7 heteroatoms. The molecule has 0 radical (unpaired) electrons. The number of hydrogen-bond acceptors (Lipinski definition) is 4. The molecule has 1 fully saturated rings. The maximum Gasteiger partial charge on any atom is 0.234 e. The number of nitrogens with one attached hydrogen (secondary N) is 1. The summed E-state index contributed by atoms with van der Waals surface area (Å²) in [6.45, 7) is 1.90. The van der Waals surface area contributed by atoms with Crippen LogP contribution in [-0.2, 0) is 4.79 Å². The maximum atomic E-state index is 11.8. The summed E-state index contributed by atoms with van der Waals surface area (Å²) in [6.07, 6.45) is 0.768. The van der Waals surface area contributed by atoms with Gasteiger partial charge in [0.1, 0.15) is 5.51 Å². The fraction of sp³-hybridized carbons (Fsp3) is 0.571. The van der Waals surface area contributed by atoms with E-state index in [0.717, 1.165) is 6.42 Å². The lowest BCUT2D eigenvalue weighted by Gasteiger charge is -2.10. The molecule has 76 valence electrons. The van der Waals surface area contributed by atoms with Crippen LogP contribution in [0.15, 0.2) is 5.51 Å². The van der Waals surface area contributed by atoms with Gasteiger partial charge < -0.3 is 0 Å². The normalized spacial score (nSPS) is 28.5. The smallest absolute Gasteiger partial charge is 0.234 e. The van der Waals surface area contributed by atoms with Crippen LogP contribution in [0.5, 0.6) is 0 Å². The predicted octanol–water partition coefficient (Wildman–Crippen LogP) is 2.37. The Balaban J connectivity index is 2.05. The van der Waals surface area contributed by atoms with Crippen molar-refractivity contribution >= 4 is 54.2 Å². The third-order valence-corrected chi connectivity index (χ3v) is 5.26. The van der Waals surface area contributed by atoms with E-state index in [0.29, 0.717) is 5.13 Å². The van der Waals surface area contributed by atoms with Crippen LogP contribution in [0.2, 0.25) is 0 Å². The number of amides is 1. The predicted molar refractivity (Wildman–Crippen MR) is 61.8 cm³/mol. The first-order valence-corrected chi connectivity index (χ1v) is 6.38. The molecule has 0 aliphatic heterocycles. The number of rotatable bonds is 2. The molecule has 1 aromatic rings. The molecule has 1 atom stereocenters. The summed E-state index contributed by atoms with van der Waals surface area (Å²) in [5, 5.41) is 10.7. The molecule has 0 bridgehead atoms. The zero-order valence-corrected chi connectivity index (χ0v) is 11.2.